The van der Waals surface area contributed by atoms with E-state index in [4.69, 9.17) is 0 Å². The van der Waals surface area contributed by atoms with Crippen molar-refractivity contribution in [1.29, 1.82) is 0 Å². The third-order valence-corrected chi connectivity index (χ3v) is 3.99. The van der Waals surface area contributed by atoms with Crippen molar-refractivity contribution in [3.63, 3.8) is 0 Å². The van der Waals surface area contributed by atoms with E-state index in [1.165, 1.54) is 0 Å². The highest BCUT2D eigenvalue weighted by Crippen LogP contribution is 2.22. The summed E-state index contributed by atoms with van der Waals surface area (Å²) in [6.07, 6.45) is 1.00. The van der Waals surface area contributed by atoms with E-state index in [0.29, 0.717) is 0 Å². The van der Waals surface area contributed by atoms with Crippen molar-refractivity contribution in [2.75, 3.05) is 26.2 Å². The molecule has 4 nitrogen and oxygen atoms in total. The molecule has 1 heterocycles. The van der Waals surface area contributed by atoms with Gasteiger partial charge in [0.2, 0.25) is 5.91 Å². The van der Waals surface area contributed by atoms with Gasteiger partial charge >= 0.3 is 0 Å². The summed E-state index contributed by atoms with van der Waals surface area (Å²) in [4.78, 5) is 16.6. The van der Waals surface area contributed by atoms with Gasteiger partial charge in [-0.1, -0.05) is 20.8 Å². The lowest BCUT2D eigenvalue weighted by atomic mass is 9.99. The minimum absolute atomic E-state index is 0.156. The highest BCUT2D eigenvalue weighted by Gasteiger charge is 2.44. The Bertz CT molecular complexity index is 265. The molecule has 0 bridgehead atoms. The third kappa shape index (κ3) is 2.99. The summed E-state index contributed by atoms with van der Waals surface area (Å²) in [5, 5.41) is 3.40. The molecular weight excluding hydrogens is 214 g/mol. The predicted molar refractivity (Wildman–Crippen MR) is 70.8 cm³/mol. The van der Waals surface area contributed by atoms with Gasteiger partial charge < -0.3 is 9.80 Å². The molecule has 0 spiro atoms. The second kappa shape index (κ2) is 5.83. The van der Waals surface area contributed by atoms with Gasteiger partial charge in [-0.25, -0.2) is 0 Å². The van der Waals surface area contributed by atoms with Crippen LogP contribution in [-0.4, -0.2) is 53.6 Å². The van der Waals surface area contributed by atoms with Crippen molar-refractivity contribution in [3.05, 3.63) is 0 Å². The fourth-order valence-corrected chi connectivity index (χ4v) is 2.43. The van der Waals surface area contributed by atoms with E-state index in [9.17, 15) is 4.79 Å². The molecule has 0 radical (unpaired) electrons. The van der Waals surface area contributed by atoms with Crippen molar-refractivity contribution >= 4 is 5.91 Å². The van der Waals surface area contributed by atoms with E-state index in [1.54, 1.807) is 0 Å². The molecule has 100 valence electrons. The Kier molecular flexibility index (Phi) is 4.95. The van der Waals surface area contributed by atoms with Crippen LogP contribution in [0.3, 0.4) is 0 Å². The predicted octanol–water partition coefficient (Wildman–Crippen LogP) is 1.27. The van der Waals surface area contributed by atoms with Crippen molar-refractivity contribution in [1.82, 2.24) is 15.1 Å². The Morgan fingerprint density at radius 3 is 2.35 bits per heavy atom. The number of amides is 1. The first-order chi connectivity index (χ1) is 7.98. The molecule has 1 aliphatic rings. The second-order valence-electron chi connectivity index (χ2n) is 5.03. The van der Waals surface area contributed by atoms with Gasteiger partial charge in [-0.3, -0.25) is 10.1 Å². The molecule has 0 aromatic carbocycles. The molecule has 1 N–H and O–H groups in total. The van der Waals surface area contributed by atoms with Gasteiger partial charge in [0.1, 0.15) is 0 Å². The average Bonchev–Trinajstić information content (AvgIpc) is 2.54. The van der Waals surface area contributed by atoms with Crippen LogP contribution in [0, 0.1) is 0 Å². The zero-order valence-electron chi connectivity index (χ0n) is 11.9. The van der Waals surface area contributed by atoms with Crippen molar-refractivity contribution in [2.45, 2.75) is 52.7 Å². The molecule has 0 aromatic rings. The maximum absolute atomic E-state index is 12.3. The Morgan fingerprint density at radius 1 is 1.35 bits per heavy atom. The van der Waals surface area contributed by atoms with Crippen LogP contribution in [0.1, 0.15) is 41.0 Å². The van der Waals surface area contributed by atoms with Crippen LogP contribution in [0.15, 0.2) is 0 Å². The summed E-state index contributed by atoms with van der Waals surface area (Å²) in [7, 11) is 0. The van der Waals surface area contributed by atoms with Crippen molar-refractivity contribution in [2.24, 2.45) is 0 Å². The fourth-order valence-electron chi connectivity index (χ4n) is 2.43. The number of carbonyl (C=O) groups excluding carboxylic acids is 1. The Labute approximate surface area is 105 Å². The molecule has 1 aliphatic heterocycles. The van der Waals surface area contributed by atoms with Crippen LogP contribution in [0.4, 0.5) is 0 Å². The van der Waals surface area contributed by atoms with E-state index >= 15 is 0 Å². The SMILES string of the molecule is CCN(CC)CCN1C(=O)C(C)(CC)NC1C. The van der Waals surface area contributed by atoms with Crippen LogP contribution in [-0.2, 0) is 4.79 Å². The summed E-state index contributed by atoms with van der Waals surface area (Å²) in [5.74, 6) is 0.250. The summed E-state index contributed by atoms with van der Waals surface area (Å²) in [6.45, 7) is 14.3. The molecule has 2 unspecified atom stereocenters. The Hall–Kier alpha value is -0.610. The number of hydrogen-bond acceptors (Lipinski definition) is 3. The summed E-state index contributed by atoms with van der Waals surface area (Å²) in [6, 6.07) is 0. The van der Waals surface area contributed by atoms with Gasteiger partial charge in [-0.15, -0.1) is 0 Å². The second-order valence-corrected chi connectivity index (χ2v) is 5.03. The lowest BCUT2D eigenvalue weighted by Gasteiger charge is -2.25. The van der Waals surface area contributed by atoms with Gasteiger partial charge in [-0.05, 0) is 33.4 Å². The first-order valence-electron chi connectivity index (χ1n) is 6.79. The monoisotopic (exact) mass is 241 g/mol. The molecule has 17 heavy (non-hydrogen) atoms. The standard InChI is InChI=1S/C13H27N3O/c1-6-13(5)12(17)16(11(4)14-13)10-9-15(7-2)8-3/h11,14H,6-10H2,1-5H3. The molecule has 0 saturated carbocycles. The van der Waals surface area contributed by atoms with Crippen LogP contribution >= 0.6 is 0 Å². The zero-order valence-corrected chi connectivity index (χ0v) is 11.9. The fraction of sp³-hybridized carbons (Fsp3) is 0.923. The van der Waals surface area contributed by atoms with Gasteiger partial charge in [0.25, 0.3) is 0 Å². The quantitative estimate of drug-likeness (QED) is 0.761. The Morgan fingerprint density at radius 2 is 1.94 bits per heavy atom. The van der Waals surface area contributed by atoms with E-state index in [-0.39, 0.29) is 17.6 Å². The normalized spacial score (nSPS) is 29.4. The molecule has 1 fully saturated rings. The van der Waals surface area contributed by atoms with E-state index in [2.05, 4.69) is 37.9 Å². The van der Waals surface area contributed by atoms with E-state index < -0.39 is 0 Å². The Balaban J connectivity index is 2.57. The van der Waals surface area contributed by atoms with Crippen LogP contribution in [0.25, 0.3) is 0 Å². The first kappa shape index (κ1) is 14.5. The molecule has 4 heteroatoms. The topological polar surface area (TPSA) is 35.6 Å². The van der Waals surface area contributed by atoms with Gasteiger partial charge in [0, 0.05) is 13.1 Å². The van der Waals surface area contributed by atoms with E-state index in [1.807, 2.05) is 11.8 Å². The van der Waals surface area contributed by atoms with Gasteiger partial charge in [0.05, 0.1) is 11.7 Å². The molecule has 1 rings (SSSR count). The number of likely N-dealkylation sites (N-methyl/N-ethyl adjacent to an activating group) is 1. The molecule has 1 amide bonds. The van der Waals surface area contributed by atoms with Crippen molar-refractivity contribution < 1.29 is 4.79 Å². The molecular formula is C13H27N3O. The molecule has 0 aliphatic carbocycles. The van der Waals surface area contributed by atoms with Crippen molar-refractivity contribution in [3.8, 4) is 0 Å². The number of rotatable bonds is 6. The summed E-state index contributed by atoms with van der Waals surface area (Å²) in [5.41, 5.74) is -0.358. The molecule has 1 saturated heterocycles. The zero-order chi connectivity index (χ0) is 13.1. The lowest BCUT2D eigenvalue weighted by Crippen LogP contribution is -2.44. The highest BCUT2D eigenvalue weighted by molar-refractivity contribution is 5.88. The number of hydrogen-bond donors (Lipinski definition) is 1. The highest BCUT2D eigenvalue weighted by atomic mass is 16.2. The molecule has 2 atom stereocenters. The smallest absolute Gasteiger partial charge is 0.243 e. The number of nitrogens with one attached hydrogen (secondary N) is 1. The number of nitrogens with zero attached hydrogens (tertiary/aromatic N) is 2. The lowest BCUT2D eigenvalue weighted by molar-refractivity contribution is -0.133. The maximum atomic E-state index is 12.3. The average molecular weight is 241 g/mol. The maximum Gasteiger partial charge on any atom is 0.243 e. The van der Waals surface area contributed by atoms with Gasteiger partial charge in [0.15, 0.2) is 0 Å². The van der Waals surface area contributed by atoms with E-state index in [0.717, 1.165) is 32.6 Å². The third-order valence-electron chi connectivity index (χ3n) is 3.99. The summed E-state index contributed by atoms with van der Waals surface area (Å²) >= 11 is 0. The van der Waals surface area contributed by atoms with Crippen LogP contribution < -0.4 is 5.32 Å². The largest absolute Gasteiger partial charge is 0.325 e. The minimum Gasteiger partial charge on any atom is -0.325 e. The molecule has 0 aromatic heterocycles. The van der Waals surface area contributed by atoms with Gasteiger partial charge in [-0.2, -0.15) is 0 Å². The number of carbonyl (C=O) groups is 1. The van der Waals surface area contributed by atoms with Crippen LogP contribution in [0.5, 0.6) is 0 Å². The first-order valence-corrected chi connectivity index (χ1v) is 6.79. The summed E-state index contributed by atoms with van der Waals surface area (Å²) < 4.78 is 0. The van der Waals surface area contributed by atoms with Crippen LogP contribution in [0.2, 0.25) is 0 Å². The minimum atomic E-state index is -0.358.